The van der Waals surface area contributed by atoms with E-state index in [1.165, 1.54) is 12.1 Å². The first kappa shape index (κ1) is 15.1. The Labute approximate surface area is 108 Å². The first-order chi connectivity index (χ1) is 8.42. The van der Waals surface area contributed by atoms with Crippen molar-refractivity contribution in [1.29, 1.82) is 0 Å². The van der Waals surface area contributed by atoms with Crippen LogP contribution in [0.25, 0.3) is 0 Å². The summed E-state index contributed by atoms with van der Waals surface area (Å²) in [5.41, 5.74) is 0.0670. The van der Waals surface area contributed by atoms with Crippen molar-refractivity contribution in [3.05, 3.63) is 35.9 Å². The van der Waals surface area contributed by atoms with Crippen molar-refractivity contribution in [2.75, 3.05) is 27.2 Å². The Bertz CT molecular complexity index is 339. The Morgan fingerprint density at radius 2 is 1.83 bits per heavy atom. The summed E-state index contributed by atoms with van der Waals surface area (Å²) in [5, 5.41) is 2.90. The van der Waals surface area contributed by atoms with Crippen molar-refractivity contribution >= 4 is 0 Å². The number of benzene rings is 1. The van der Waals surface area contributed by atoms with Gasteiger partial charge in [0.25, 0.3) is 5.92 Å². The molecule has 0 aliphatic rings. The molecule has 102 valence electrons. The van der Waals surface area contributed by atoms with Crippen molar-refractivity contribution in [2.45, 2.75) is 25.3 Å². The molecule has 0 saturated heterocycles. The fraction of sp³-hybridized carbons (Fsp3) is 0.571. The second kappa shape index (κ2) is 6.81. The lowest BCUT2D eigenvalue weighted by molar-refractivity contribution is -0.00561. The van der Waals surface area contributed by atoms with Crippen LogP contribution in [0, 0.1) is 0 Å². The third-order valence-electron chi connectivity index (χ3n) is 2.88. The molecular weight excluding hydrogens is 234 g/mol. The molecule has 4 heteroatoms. The van der Waals surface area contributed by atoms with Gasteiger partial charge in [0, 0.05) is 11.6 Å². The van der Waals surface area contributed by atoms with E-state index in [1.807, 2.05) is 25.9 Å². The Morgan fingerprint density at radius 1 is 1.22 bits per heavy atom. The van der Waals surface area contributed by atoms with E-state index in [0.717, 1.165) is 13.0 Å². The molecule has 0 aliphatic heterocycles. The van der Waals surface area contributed by atoms with E-state index in [0.29, 0.717) is 0 Å². The van der Waals surface area contributed by atoms with Crippen molar-refractivity contribution in [1.82, 2.24) is 10.2 Å². The summed E-state index contributed by atoms with van der Waals surface area (Å²) in [6.45, 7) is 2.52. The molecule has 2 nitrogen and oxygen atoms in total. The molecule has 0 saturated carbocycles. The van der Waals surface area contributed by atoms with Crippen LogP contribution < -0.4 is 5.32 Å². The largest absolute Gasteiger partial charge is 0.309 e. The molecule has 1 aromatic rings. The molecule has 18 heavy (non-hydrogen) atoms. The second-order valence-electron chi connectivity index (χ2n) is 4.94. The van der Waals surface area contributed by atoms with Crippen molar-refractivity contribution in [3.8, 4) is 0 Å². The molecule has 0 bridgehead atoms. The van der Waals surface area contributed by atoms with E-state index < -0.39 is 5.92 Å². The average molecular weight is 256 g/mol. The van der Waals surface area contributed by atoms with Gasteiger partial charge in [-0.15, -0.1) is 0 Å². The van der Waals surface area contributed by atoms with E-state index in [1.54, 1.807) is 18.2 Å². The van der Waals surface area contributed by atoms with Gasteiger partial charge in [-0.25, -0.2) is 0 Å². The molecule has 0 fully saturated rings. The van der Waals surface area contributed by atoms with Crippen LogP contribution in [0.3, 0.4) is 0 Å². The van der Waals surface area contributed by atoms with E-state index >= 15 is 0 Å². The monoisotopic (exact) mass is 256 g/mol. The number of hydrogen-bond acceptors (Lipinski definition) is 2. The fourth-order valence-corrected chi connectivity index (χ4v) is 1.64. The molecule has 1 unspecified atom stereocenters. The lowest BCUT2D eigenvalue weighted by atomic mass is 10.1. The molecule has 1 aromatic carbocycles. The maximum atomic E-state index is 13.8. The number of nitrogens with one attached hydrogen (secondary N) is 1. The van der Waals surface area contributed by atoms with E-state index in [9.17, 15) is 8.78 Å². The van der Waals surface area contributed by atoms with Crippen LogP contribution in [0.4, 0.5) is 8.78 Å². The van der Waals surface area contributed by atoms with Gasteiger partial charge < -0.3 is 10.2 Å². The highest BCUT2D eigenvalue weighted by atomic mass is 19.3. The quantitative estimate of drug-likeness (QED) is 0.807. The van der Waals surface area contributed by atoms with Gasteiger partial charge in [0.2, 0.25) is 0 Å². The maximum absolute atomic E-state index is 13.8. The third kappa shape index (κ3) is 5.10. The maximum Gasteiger partial charge on any atom is 0.285 e. The summed E-state index contributed by atoms with van der Waals surface area (Å²) in [4.78, 5) is 2.05. The van der Waals surface area contributed by atoms with Gasteiger partial charge >= 0.3 is 0 Å². The second-order valence-corrected chi connectivity index (χ2v) is 4.94. The summed E-state index contributed by atoms with van der Waals surface area (Å²) in [6, 6.07) is 8.03. The van der Waals surface area contributed by atoms with E-state index in [2.05, 4.69) is 5.32 Å². The van der Waals surface area contributed by atoms with Crippen LogP contribution in [0.5, 0.6) is 0 Å². The van der Waals surface area contributed by atoms with Gasteiger partial charge in [-0.1, -0.05) is 30.3 Å². The minimum Gasteiger partial charge on any atom is -0.309 e. The van der Waals surface area contributed by atoms with Gasteiger partial charge in [-0.3, -0.25) is 0 Å². The predicted octanol–water partition coefficient (Wildman–Crippen LogP) is 2.71. The van der Waals surface area contributed by atoms with E-state index in [-0.39, 0.29) is 18.2 Å². The molecule has 0 heterocycles. The van der Waals surface area contributed by atoms with Crippen molar-refractivity contribution in [3.63, 3.8) is 0 Å². The van der Waals surface area contributed by atoms with Gasteiger partial charge in [0.05, 0.1) is 6.54 Å². The van der Waals surface area contributed by atoms with Crippen LogP contribution >= 0.6 is 0 Å². The molecule has 0 spiro atoms. The Hall–Kier alpha value is -1.00. The third-order valence-corrected chi connectivity index (χ3v) is 2.88. The number of rotatable bonds is 7. The van der Waals surface area contributed by atoms with Crippen LogP contribution in [0.2, 0.25) is 0 Å². The highest BCUT2D eigenvalue weighted by molar-refractivity contribution is 5.20. The number of alkyl halides is 2. The average Bonchev–Trinajstić information content (AvgIpc) is 2.35. The lowest BCUT2D eigenvalue weighted by Crippen LogP contribution is -2.37. The van der Waals surface area contributed by atoms with Crippen LogP contribution in [0.15, 0.2) is 30.3 Å². The molecule has 0 aromatic heterocycles. The fourth-order valence-electron chi connectivity index (χ4n) is 1.64. The Kier molecular flexibility index (Phi) is 5.69. The first-order valence-electron chi connectivity index (χ1n) is 6.23. The van der Waals surface area contributed by atoms with Gasteiger partial charge in [0.15, 0.2) is 0 Å². The lowest BCUT2D eigenvalue weighted by Gasteiger charge is -2.21. The van der Waals surface area contributed by atoms with E-state index in [4.69, 9.17) is 0 Å². The zero-order valence-electron chi connectivity index (χ0n) is 11.3. The number of nitrogens with zero attached hydrogens (tertiary/aromatic N) is 1. The molecular formula is C14H22F2N2. The zero-order chi connectivity index (χ0) is 13.6. The highest BCUT2D eigenvalue weighted by Crippen LogP contribution is 2.26. The molecule has 0 aliphatic carbocycles. The van der Waals surface area contributed by atoms with Crippen LogP contribution in [0.1, 0.15) is 18.9 Å². The summed E-state index contributed by atoms with van der Waals surface area (Å²) in [7, 11) is 3.95. The number of halogens is 2. The SMILES string of the molecule is CC(CCN(C)C)NCC(F)(F)c1ccccc1. The molecule has 1 rings (SSSR count). The Morgan fingerprint density at radius 3 is 2.39 bits per heavy atom. The molecule has 0 amide bonds. The normalized spacial score (nSPS) is 13.9. The highest BCUT2D eigenvalue weighted by Gasteiger charge is 2.31. The summed E-state index contributed by atoms with van der Waals surface area (Å²) >= 11 is 0. The van der Waals surface area contributed by atoms with Gasteiger partial charge in [-0.2, -0.15) is 8.78 Å². The molecule has 1 atom stereocenters. The molecule has 1 N–H and O–H groups in total. The summed E-state index contributed by atoms with van der Waals surface area (Å²) in [5.74, 6) is -2.81. The Balaban J connectivity index is 2.42. The van der Waals surface area contributed by atoms with Crippen LogP contribution in [-0.4, -0.2) is 38.1 Å². The predicted molar refractivity (Wildman–Crippen MR) is 71.0 cm³/mol. The standard InChI is InChI=1S/C14H22F2N2/c1-12(9-10-18(2)3)17-11-14(15,16)13-7-5-4-6-8-13/h4-8,12,17H,9-11H2,1-3H3. The zero-order valence-corrected chi connectivity index (χ0v) is 11.3. The summed E-state index contributed by atoms with van der Waals surface area (Å²) in [6.07, 6.45) is 0.859. The number of hydrogen-bond donors (Lipinski definition) is 1. The van der Waals surface area contributed by atoms with Gasteiger partial charge in [-0.05, 0) is 34.0 Å². The smallest absolute Gasteiger partial charge is 0.285 e. The van der Waals surface area contributed by atoms with Crippen molar-refractivity contribution in [2.24, 2.45) is 0 Å². The van der Waals surface area contributed by atoms with Crippen molar-refractivity contribution < 1.29 is 8.78 Å². The minimum atomic E-state index is -2.81. The first-order valence-corrected chi connectivity index (χ1v) is 6.23. The minimum absolute atomic E-state index is 0.0670. The molecule has 0 radical (unpaired) electrons. The van der Waals surface area contributed by atoms with Crippen LogP contribution in [-0.2, 0) is 5.92 Å². The van der Waals surface area contributed by atoms with Gasteiger partial charge in [0.1, 0.15) is 0 Å². The summed E-state index contributed by atoms with van der Waals surface area (Å²) < 4.78 is 27.7. The topological polar surface area (TPSA) is 15.3 Å².